The molecule has 1 aliphatic rings. The van der Waals surface area contributed by atoms with Gasteiger partial charge in [0.1, 0.15) is 10.8 Å². The zero-order valence-electron chi connectivity index (χ0n) is 11.8. The number of rotatable bonds is 2. The molecule has 1 aliphatic heterocycles. The molecule has 0 fully saturated rings. The predicted octanol–water partition coefficient (Wildman–Crippen LogP) is 3.79. The maximum Gasteiger partial charge on any atom is 0.124 e. The Morgan fingerprint density at radius 2 is 2.00 bits per heavy atom. The molecule has 0 bridgehead atoms. The summed E-state index contributed by atoms with van der Waals surface area (Å²) in [4.78, 5) is 2.41. The van der Waals surface area contributed by atoms with Crippen LogP contribution in [0.2, 0.25) is 0 Å². The van der Waals surface area contributed by atoms with Crippen LogP contribution in [0.5, 0.6) is 0 Å². The van der Waals surface area contributed by atoms with Gasteiger partial charge < -0.3 is 10.6 Å². The Hall–Kier alpha value is -1.94. The molecule has 2 N–H and O–H groups in total. The molecule has 1 unspecified atom stereocenters. The maximum absolute atomic E-state index is 13.5. The number of nitrogens with two attached hydrogens (primary N) is 1. The molecule has 3 rings (SSSR count). The Morgan fingerprint density at radius 3 is 2.76 bits per heavy atom. The number of halogens is 1. The minimum atomic E-state index is -0.320. The van der Waals surface area contributed by atoms with Crippen LogP contribution < -0.4 is 10.6 Å². The molecule has 2 aromatic carbocycles. The smallest absolute Gasteiger partial charge is 0.124 e. The molecule has 0 amide bonds. The summed E-state index contributed by atoms with van der Waals surface area (Å²) in [5.41, 5.74) is 9.71. The van der Waals surface area contributed by atoms with E-state index in [0.717, 1.165) is 24.3 Å². The first kappa shape index (κ1) is 14.0. The molecule has 4 heteroatoms. The van der Waals surface area contributed by atoms with Crippen LogP contribution in [-0.2, 0) is 6.42 Å². The zero-order chi connectivity index (χ0) is 15.0. The lowest BCUT2D eigenvalue weighted by Crippen LogP contribution is -2.32. The molecule has 0 aromatic heterocycles. The van der Waals surface area contributed by atoms with Gasteiger partial charge in [0.05, 0.1) is 5.69 Å². The third-order valence-corrected chi connectivity index (χ3v) is 4.08. The van der Waals surface area contributed by atoms with Crippen LogP contribution in [0.25, 0.3) is 0 Å². The van der Waals surface area contributed by atoms with E-state index in [1.165, 1.54) is 17.7 Å². The van der Waals surface area contributed by atoms with Gasteiger partial charge in [-0.2, -0.15) is 0 Å². The van der Waals surface area contributed by atoms with E-state index in [1.54, 1.807) is 6.07 Å². The molecular formula is C17H17FN2S. The molecule has 108 valence electrons. The second-order valence-corrected chi connectivity index (χ2v) is 6.01. The second-order valence-electron chi connectivity index (χ2n) is 5.57. The van der Waals surface area contributed by atoms with Crippen molar-refractivity contribution in [1.82, 2.24) is 0 Å². The van der Waals surface area contributed by atoms with E-state index >= 15 is 0 Å². The minimum Gasteiger partial charge on any atom is -0.389 e. The normalized spacial score (nSPS) is 17.4. The average Bonchev–Trinajstić information content (AvgIpc) is 2.46. The van der Waals surface area contributed by atoms with Gasteiger partial charge in [-0.1, -0.05) is 37.3 Å². The second kappa shape index (κ2) is 5.45. The summed E-state index contributed by atoms with van der Waals surface area (Å²) in [6.45, 7) is 3.09. The lowest BCUT2D eigenvalue weighted by molar-refractivity contribution is 0.562. The highest BCUT2D eigenvalue weighted by Crippen LogP contribution is 2.37. The Labute approximate surface area is 129 Å². The van der Waals surface area contributed by atoms with Crippen molar-refractivity contribution in [1.29, 1.82) is 0 Å². The van der Waals surface area contributed by atoms with Crippen molar-refractivity contribution in [3.8, 4) is 0 Å². The highest BCUT2D eigenvalue weighted by atomic mass is 32.1. The number of anilines is 2. The van der Waals surface area contributed by atoms with Gasteiger partial charge in [0.2, 0.25) is 0 Å². The highest BCUT2D eigenvalue weighted by Gasteiger charge is 2.24. The van der Waals surface area contributed by atoms with E-state index in [0.29, 0.717) is 11.5 Å². The first-order chi connectivity index (χ1) is 10.1. The first-order valence-electron chi connectivity index (χ1n) is 7.01. The van der Waals surface area contributed by atoms with E-state index in [1.807, 2.05) is 12.1 Å². The van der Waals surface area contributed by atoms with Crippen molar-refractivity contribution < 1.29 is 4.39 Å². The molecular weight excluding hydrogens is 283 g/mol. The summed E-state index contributed by atoms with van der Waals surface area (Å²) in [5.74, 6) is 0.198. The van der Waals surface area contributed by atoms with Crippen molar-refractivity contribution in [3.63, 3.8) is 0 Å². The van der Waals surface area contributed by atoms with Crippen LogP contribution in [-0.4, -0.2) is 11.5 Å². The summed E-state index contributed by atoms with van der Waals surface area (Å²) >= 11 is 5.09. The molecule has 2 aromatic rings. The summed E-state index contributed by atoms with van der Waals surface area (Å²) in [6.07, 6.45) is 1.05. The van der Waals surface area contributed by atoms with Crippen molar-refractivity contribution in [2.75, 3.05) is 11.4 Å². The number of hydrogen-bond donors (Lipinski definition) is 1. The van der Waals surface area contributed by atoms with Gasteiger partial charge in [-0.05, 0) is 42.2 Å². The third kappa shape index (κ3) is 2.63. The molecule has 1 atom stereocenters. The van der Waals surface area contributed by atoms with Gasteiger partial charge in [-0.3, -0.25) is 0 Å². The maximum atomic E-state index is 13.5. The fraction of sp³-hybridized carbons (Fsp3) is 0.235. The molecule has 1 heterocycles. The van der Waals surface area contributed by atoms with Gasteiger partial charge in [-0.25, -0.2) is 4.39 Å². The fourth-order valence-electron chi connectivity index (χ4n) is 2.97. The van der Waals surface area contributed by atoms with Gasteiger partial charge in [0.15, 0.2) is 0 Å². The molecule has 0 radical (unpaired) electrons. The van der Waals surface area contributed by atoms with Gasteiger partial charge in [0.25, 0.3) is 0 Å². The van der Waals surface area contributed by atoms with Crippen LogP contribution in [0.4, 0.5) is 15.8 Å². The first-order valence-corrected chi connectivity index (χ1v) is 7.42. The summed E-state index contributed by atoms with van der Waals surface area (Å²) in [5, 5.41) is 0. The highest BCUT2D eigenvalue weighted by molar-refractivity contribution is 7.80. The fourth-order valence-corrected chi connectivity index (χ4v) is 3.13. The van der Waals surface area contributed by atoms with Gasteiger partial charge >= 0.3 is 0 Å². The lowest BCUT2D eigenvalue weighted by Gasteiger charge is -2.36. The number of benzene rings is 2. The molecule has 2 nitrogen and oxygen atoms in total. The third-order valence-electron chi connectivity index (χ3n) is 3.86. The number of hydrogen-bond acceptors (Lipinski definition) is 2. The Bertz CT molecular complexity index is 699. The van der Waals surface area contributed by atoms with Crippen molar-refractivity contribution in [2.24, 2.45) is 11.7 Å². The predicted molar refractivity (Wildman–Crippen MR) is 88.6 cm³/mol. The van der Waals surface area contributed by atoms with Crippen LogP contribution in [0.1, 0.15) is 18.1 Å². The van der Waals surface area contributed by atoms with Crippen molar-refractivity contribution in [2.45, 2.75) is 13.3 Å². The monoisotopic (exact) mass is 300 g/mol. The summed E-state index contributed by atoms with van der Waals surface area (Å²) in [7, 11) is 0. The van der Waals surface area contributed by atoms with E-state index < -0.39 is 0 Å². The number of fused-ring (bicyclic) bond motifs is 1. The molecule has 0 spiro atoms. The van der Waals surface area contributed by atoms with Crippen LogP contribution in [0.3, 0.4) is 0 Å². The van der Waals surface area contributed by atoms with Crippen molar-refractivity contribution in [3.05, 3.63) is 59.4 Å². The molecule has 0 saturated carbocycles. The quantitative estimate of drug-likeness (QED) is 0.856. The molecule has 21 heavy (non-hydrogen) atoms. The van der Waals surface area contributed by atoms with Crippen LogP contribution in [0, 0.1) is 11.7 Å². The Kier molecular flexibility index (Phi) is 3.64. The van der Waals surface area contributed by atoms with E-state index in [9.17, 15) is 4.39 Å². The SMILES string of the molecule is CC1Cc2ccccc2N(c2ccc(F)cc2C(N)=S)C1. The average molecular weight is 300 g/mol. The standard InChI is InChI=1S/C17H17FN2S/c1-11-8-12-4-2-3-5-15(12)20(10-11)16-7-6-13(18)9-14(16)17(19)21/h2-7,9,11H,8,10H2,1H3,(H2,19,21). The Balaban J connectivity index is 2.15. The molecule has 0 aliphatic carbocycles. The summed E-state index contributed by atoms with van der Waals surface area (Å²) < 4.78 is 13.5. The summed E-state index contributed by atoms with van der Waals surface area (Å²) in [6, 6.07) is 12.9. The van der Waals surface area contributed by atoms with Crippen LogP contribution in [0.15, 0.2) is 42.5 Å². The zero-order valence-corrected chi connectivity index (χ0v) is 12.7. The van der Waals surface area contributed by atoms with E-state index in [-0.39, 0.29) is 10.8 Å². The van der Waals surface area contributed by atoms with E-state index in [4.69, 9.17) is 18.0 Å². The number of thiocarbonyl (C=S) groups is 1. The van der Waals surface area contributed by atoms with Gasteiger partial charge in [0, 0.05) is 17.8 Å². The van der Waals surface area contributed by atoms with E-state index in [2.05, 4.69) is 24.0 Å². The van der Waals surface area contributed by atoms with Crippen molar-refractivity contribution >= 4 is 28.6 Å². The van der Waals surface area contributed by atoms with Gasteiger partial charge in [-0.15, -0.1) is 0 Å². The lowest BCUT2D eigenvalue weighted by atomic mass is 9.93. The number of para-hydroxylation sites is 1. The topological polar surface area (TPSA) is 29.3 Å². The largest absolute Gasteiger partial charge is 0.389 e. The minimum absolute atomic E-state index is 0.222. The van der Waals surface area contributed by atoms with Crippen LogP contribution >= 0.6 is 12.2 Å². The Morgan fingerprint density at radius 1 is 1.24 bits per heavy atom. The number of nitrogens with zero attached hydrogens (tertiary/aromatic N) is 1. The molecule has 0 saturated heterocycles.